The Bertz CT molecular complexity index is 1110. The lowest BCUT2D eigenvalue weighted by atomic mass is 9.91. The standard InChI is InChI=1S/C24H23F7N4O/c1-14(16-9-17(23(26,27)28)11-18(10-16)24(29,30)31)36-20-3-2-8-35(12-21-32-13-33-34-21)22(20)15-4-6-19(25)7-5-15/h4-7,9-11,13-14,20,22H,2-3,8,12H2,1H3,(H,32,33,34)/t14-,20+,22+/m1/s1. The van der Waals surface area contributed by atoms with Gasteiger partial charge in [-0.3, -0.25) is 10.00 Å². The number of aromatic nitrogens is 3. The molecule has 0 amide bonds. The molecule has 1 fully saturated rings. The van der Waals surface area contributed by atoms with Gasteiger partial charge in [0.1, 0.15) is 18.0 Å². The maximum absolute atomic E-state index is 13.6. The highest BCUT2D eigenvalue weighted by Crippen LogP contribution is 2.40. The summed E-state index contributed by atoms with van der Waals surface area (Å²) in [5, 5.41) is 6.60. The molecule has 194 valence electrons. The fraction of sp³-hybridized carbons (Fsp3) is 0.417. The third kappa shape index (κ3) is 6.04. The van der Waals surface area contributed by atoms with Crippen LogP contribution in [-0.4, -0.2) is 32.7 Å². The maximum atomic E-state index is 13.6. The van der Waals surface area contributed by atoms with Crippen molar-refractivity contribution >= 4 is 0 Å². The van der Waals surface area contributed by atoms with Crippen LogP contribution in [0.15, 0.2) is 48.8 Å². The largest absolute Gasteiger partial charge is 0.416 e. The lowest BCUT2D eigenvalue weighted by Gasteiger charge is -2.42. The van der Waals surface area contributed by atoms with Gasteiger partial charge in [-0.25, -0.2) is 9.37 Å². The van der Waals surface area contributed by atoms with Crippen molar-refractivity contribution in [1.82, 2.24) is 20.1 Å². The first-order chi connectivity index (χ1) is 16.9. The van der Waals surface area contributed by atoms with E-state index in [0.29, 0.717) is 49.5 Å². The molecule has 0 aliphatic carbocycles. The number of nitrogens with one attached hydrogen (secondary N) is 1. The monoisotopic (exact) mass is 516 g/mol. The third-order valence-corrected chi connectivity index (χ3v) is 6.17. The van der Waals surface area contributed by atoms with Crippen LogP contribution in [0.5, 0.6) is 0 Å². The van der Waals surface area contributed by atoms with Crippen LogP contribution in [0.4, 0.5) is 30.7 Å². The molecule has 5 nitrogen and oxygen atoms in total. The maximum Gasteiger partial charge on any atom is 0.416 e. The van der Waals surface area contributed by atoms with Crippen LogP contribution in [0.3, 0.4) is 0 Å². The Balaban J connectivity index is 1.66. The number of hydrogen-bond donors (Lipinski definition) is 1. The van der Waals surface area contributed by atoms with E-state index in [4.69, 9.17) is 4.74 Å². The van der Waals surface area contributed by atoms with Gasteiger partial charge in [-0.05, 0) is 67.8 Å². The summed E-state index contributed by atoms with van der Waals surface area (Å²) in [6, 6.07) is 6.78. The van der Waals surface area contributed by atoms with Crippen molar-refractivity contribution in [2.24, 2.45) is 0 Å². The number of benzene rings is 2. The molecule has 1 saturated heterocycles. The fourth-order valence-electron chi connectivity index (χ4n) is 4.49. The zero-order valence-electron chi connectivity index (χ0n) is 19.1. The number of likely N-dealkylation sites (tertiary alicyclic amines) is 1. The highest BCUT2D eigenvalue weighted by molar-refractivity contribution is 5.35. The van der Waals surface area contributed by atoms with Crippen molar-refractivity contribution in [2.75, 3.05) is 6.54 Å². The summed E-state index contributed by atoms with van der Waals surface area (Å²) in [5.41, 5.74) is -2.32. The van der Waals surface area contributed by atoms with Gasteiger partial charge in [-0.15, -0.1) is 0 Å². The molecule has 3 atom stereocenters. The first kappa shape index (κ1) is 26.1. The van der Waals surface area contributed by atoms with E-state index in [2.05, 4.69) is 15.2 Å². The molecule has 1 aromatic heterocycles. The van der Waals surface area contributed by atoms with Crippen molar-refractivity contribution < 1.29 is 35.5 Å². The average molecular weight is 516 g/mol. The Morgan fingerprint density at radius 2 is 1.67 bits per heavy atom. The molecule has 0 radical (unpaired) electrons. The number of hydrogen-bond acceptors (Lipinski definition) is 4. The Kier molecular flexibility index (Phi) is 7.37. The molecule has 2 aromatic carbocycles. The van der Waals surface area contributed by atoms with Crippen molar-refractivity contribution in [3.05, 3.63) is 82.7 Å². The van der Waals surface area contributed by atoms with Crippen LogP contribution >= 0.6 is 0 Å². The van der Waals surface area contributed by atoms with E-state index in [9.17, 15) is 30.7 Å². The second kappa shape index (κ2) is 10.2. The number of aromatic amines is 1. The van der Waals surface area contributed by atoms with E-state index in [1.54, 1.807) is 12.1 Å². The zero-order chi connectivity index (χ0) is 26.1. The zero-order valence-corrected chi connectivity index (χ0v) is 19.1. The Hall–Kier alpha value is -2.99. The molecule has 2 heterocycles. The van der Waals surface area contributed by atoms with E-state index in [1.165, 1.54) is 25.4 Å². The van der Waals surface area contributed by atoms with Crippen molar-refractivity contribution in [1.29, 1.82) is 0 Å². The van der Waals surface area contributed by atoms with E-state index in [0.717, 1.165) is 0 Å². The summed E-state index contributed by atoms with van der Waals surface area (Å²) >= 11 is 0. The van der Waals surface area contributed by atoms with Gasteiger partial charge in [0.2, 0.25) is 0 Å². The number of halogens is 7. The van der Waals surface area contributed by atoms with Gasteiger partial charge in [0, 0.05) is 0 Å². The van der Waals surface area contributed by atoms with Gasteiger partial charge < -0.3 is 4.74 Å². The molecule has 4 rings (SSSR count). The van der Waals surface area contributed by atoms with E-state index >= 15 is 0 Å². The van der Waals surface area contributed by atoms with Crippen LogP contribution < -0.4 is 0 Å². The normalized spacial score (nSPS) is 20.4. The first-order valence-corrected chi connectivity index (χ1v) is 11.2. The third-order valence-electron chi connectivity index (χ3n) is 6.17. The van der Waals surface area contributed by atoms with E-state index < -0.39 is 47.5 Å². The topological polar surface area (TPSA) is 54.0 Å². The molecule has 3 aromatic rings. The highest BCUT2D eigenvalue weighted by Gasteiger charge is 2.39. The van der Waals surface area contributed by atoms with Gasteiger partial charge >= 0.3 is 12.4 Å². The molecular weight excluding hydrogens is 493 g/mol. The Morgan fingerprint density at radius 1 is 1.03 bits per heavy atom. The highest BCUT2D eigenvalue weighted by atomic mass is 19.4. The van der Waals surface area contributed by atoms with Gasteiger partial charge in [-0.1, -0.05) is 12.1 Å². The van der Waals surface area contributed by atoms with Crippen molar-refractivity contribution in [3.63, 3.8) is 0 Å². The summed E-state index contributed by atoms with van der Waals surface area (Å²) in [7, 11) is 0. The predicted octanol–water partition coefficient (Wildman–Crippen LogP) is 6.46. The number of rotatable bonds is 6. The second-order valence-electron chi connectivity index (χ2n) is 8.70. The van der Waals surface area contributed by atoms with Crippen LogP contribution in [-0.2, 0) is 23.6 Å². The van der Waals surface area contributed by atoms with Crippen LogP contribution in [0, 0.1) is 5.82 Å². The fourth-order valence-corrected chi connectivity index (χ4v) is 4.49. The minimum Gasteiger partial charge on any atom is -0.369 e. The summed E-state index contributed by atoms with van der Waals surface area (Å²) in [5.74, 6) is 0.134. The second-order valence-corrected chi connectivity index (χ2v) is 8.70. The Morgan fingerprint density at radius 3 is 2.22 bits per heavy atom. The first-order valence-electron chi connectivity index (χ1n) is 11.2. The average Bonchev–Trinajstić information content (AvgIpc) is 3.32. The molecule has 0 spiro atoms. The number of H-pyrrole nitrogens is 1. The van der Waals surface area contributed by atoms with Gasteiger partial charge in [0.15, 0.2) is 0 Å². The minimum atomic E-state index is -4.95. The number of alkyl halides is 6. The summed E-state index contributed by atoms with van der Waals surface area (Å²) in [6.45, 7) is 2.39. The van der Waals surface area contributed by atoms with Crippen LogP contribution in [0.2, 0.25) is 0 Å². The van der Waals surface area contributed by atoms with Crippen LogP contribution in [0.25, 0.3) is 0 Å². The molecular formula is C24H23F7N4O. The minimum absolute atomic E-state index is 0.0945. The quantitative estimate of drug-likeness (QED) is 0.382. The molecule has 0 saturated carbocycles. The predicted molar refractivity (Wildman–Crippen MR) is 115 cm³/mol. The van der Waals surface area contributed by atoms with Crippen molar-refractivity contribution in [2.45, 2.75) is 56.9 Å². The van der Waals surface area contributed by atoms with E-state index in [-0.39, 0.29) is 11.6 Å². The van der Waals surface area contributed by atoms with Crippen LogP contribution in [0.1, 0.15) is 60.0 Å². The molecule has 0 unspecified atom stereocenters. The smallest absolute Gasteiger partial charge is 0.369 e. The summed E-state index contributed by atoms with van der Waals surface area (Å²) < 4.78 is 99.8. The number of ether oxygens (including phenoxy) is 1. The SMILES string of the molecule is C[C@@H](O[C@H]1CCCN(Cc2ncn[nH]2)[C@H]1c1ccc(F)cc1)c1cc(C(F)(F)F)cc(C(F)(F)F)c1. The lowest BCUT2D eigenvalue weighted by Crippen LogP contribution is -2.43. The van der Waals surface area contributed by atoms with Gasteiger partial charge in [-0.2, -0.15) is 31.4 Å². The molecule has 1 aliphatic rings. The summed E-state index contributed by atoms with van der Waals surface area (Å²) in [4.78, 5) is 6.15. The lowest BCUT2D eigenvalue weighted by molar-refractivity contribution is -0.143. The summed E-state index contributed by atoms with van der Waals surface area (Å²) in [6.07, 6.45) is -9.05. The van der Waals surface area contributed by atoms with E-state index in [1.807, 2.05) is 4.90 Å². The number of nitrogens with zero attached hydrogens (tertiary/aromatic N) is 3. The van der Waals surface area contributed by atoms with Gasteiger partial charge in [0.05, 0.1) is 35.9 Å². The molecule has 12 heteroatoms. The molecule has 0 bridgehead atoms. The van der Waals surface area contributed by atoms with Crippen molar-refractivity contribution in [3.8, 4) is 0 Å². The molecule has 1 N–H and O–H groups in total. The number of piperidine rings is 1. The molecule has 36 heavy (non-hydrogen) atoms. The molecule has 1 aliphatic heterocycles. The Labute approximate surface area is 202 Å². The van der Waals surface area contributed by atoms with Gasteiger partial charge in [0.25, 0.3) is 0 Å².